The van der Waals surface area contributed by atoms with E-state index in [1.54, 1.807) is 43.5 Å². The van der Waals surface area contributed by atoms with Gasteiger partial charge in [0.25, 0.3) is 11.8 Å². The van der Waals surface area contributed by atoms with Gasteiger partial charge in [0.15, 0.2) is 5.13 Å². The van der Waals surface area contributed by atoms with E-state index in [1.165, 1.54) is 16.2 Å². The summed E-state index contributed by atoms with van der Waals surface area (Å²) in [5, 5.41) is 0.930. The molecule has 0 saturated heterocycles. The Morgan fingerprint density at radius 1 is 1.09 bits per heavy atom. The minimum Gasteiger partial charge on any atom is -0.494 e. The number of hydrogen-bond acceptors (Lipinski definition) is 7. The molecule has 0 aliphatic carbocycles. The highest BCUT2D eigenvalue weighted by atomic mass is 35.5. The lowest BCUT2D eigenvalue weighted by atomic mass is 10.1. The summed E-state index contributed by atoms with van der Waals surface area (Å²) in [4.78, 5) is 47.8. The van der Waals surface area contributed by atoms with E-state index < -0.39 is 17.7 Å². The monoisotopic (exact) mass is 508 g/mol. The number of hydrogen-bond donors (Lipinski definition) is 0. The van der Waals surface area contributed by atoms with E-state index in [2.05, 4.69) is 4.98 Å². The van der Waals surface area contributed by atoms with Gasteiger partial charge in [0.2, 0.25) is 5.91 Å². The molecule has 0 bridgehead atoms. The number of thiazole rings is 1. The van der Waals surface area contributed by atoms with Crippen molar-refractivity contribution in [2.24, 2.45) is 0 Å². The first-order chi connectivity index (χ1) is 15.3. The first-order valence-corrected chi connectivity index (χ1v) is 11.0. The summed E-state index contributed by atoms with van der Waals surface area (Å²) in [6.07, 6.45) is 0. The number of carbonyl (C=O) groups is 3. The van der Waals surface area contributed by atoms with E-state index in [0.29, 0.717) is 50.3 Å². The number of imide groups is 1. The second-order valence-electron chi connectivity index (χ2n) is 7.51. The van der Waals surface area contributed by atoms with Crippen LogP contribution in [0.25, 0.3) is 10.2 Å². The number of rotatable bonds is 7. The number of ether oxygens (including phenoxy) is 1. The zero-order valence-corrected chi connectivity index (χ0v) is 20.6. The molecule has 1 aliphatic heterocycles. The van der Waals surface area contributed by atoms with Gasteiger partial charge in [-0.1, -0.05) is 35.1 Å². The second-order valence-corrected chi connectivity index (χ2v) is 8.90. The molecule has 0 atom stereocenters. The third-order valence-corrected chi connectivity index (χ3v) is 6.68. The molecule has 8 nitrogen and oxygen atoms in total. The Morgan fingerprint density at radius 3 is 2.30 bits per heavy atom. The van der Waals surface area contributed by atoms with Gasteiger partial charge in [0.05, 0.1) is 28.0 Å². The van der Waals surface area contributed by atoms with Crippen LogP contribution in [0, 0.1) is 0 Å². The highest BCUT2D eigenvalue weighted by Gasteiger charge is 2.37. The highest BCUT2D eigenvalue weighted by molar-refractivity contribution is 7.23. The van der Waals surface area contributed by atoms with Gasteiger partial charge in [-0.25, -0.2) is 4.98 Å². The molecular formula is C22H22Cl2N4O4S. The summed E-state index contributed by atoms with van der Waals surface area (Å²) in [5.74, 6) is -0.802. The molecule has 0 fully saturated rings. The van der Waals surface area contributed by atoms with Gasteiger partial charge >= 0.3 is 0 Å². The summed E-state index contributed by atoms with van der Waals surface area (Å²) in [5.41, 5.74) is 1.17. The summed E-state index contributed by atoms with van der Waals surface area (Å²) in [6, 6.07) is 10.00. The van der Waals surface area contributed by atoms with Crippen LogP contribution in [0.5, 0.6) is 5.75 Å². The summed E-state index contributed by atoms with van der Waals surface area (Å²) in [6.45, 7) is 0.518. The molecule has 0 radical (unpaired) electrons. The van der Waals surface area contributed by atoms with Crippen molar-refractivity contribution >= 4 is 68.4 Å². The maximum Gasteiger partial charge on any atom is 0.262 e. The molecule has 33 heavy (non-hydrogen) atoms. The van der Waals surface area contributed by atoms with Crippen LogP contribution >= 0.6 is 35.3 Å². The van der Waals surface area contributed by atoms with Gasteiger partial charge in [0.1, 0.15) is 17.8 Å². The molecule has 1 aliphatic rings. The maximum atomic E-state index is 13.3. The lowest BCUT2D eigenvalue weighted by molar-refractivity contribution is -0.119. The Balaban J connectivity index is 0.00000306. The first-order valence-electron chi connectivity index (χ1n) is 9.85. The zero-order valence-electron chi connectivity index (χ0n) is 18.2. The Morgan fingerprint density at radius 2 is 1.73 bits per heavy atom. The van der Waals surface area contributed by atoms with Gasteiger partial charge in [-0.15, -0.1) is 12.4 Å². The molecular weight excluding hydrogens is 487 g/mol. The quantitative estimate of drug-likeness (QED) is 0.453. The van der Waals surface area contributed by atoms with Crippen molar-refractivity contribution in [3.05, 3.63) is 52.5 Å². The minimum atomic E-state index is -0.472. The highest BCUT2D eigenvalue weighted by Crippen LogP contribution is 2.38. The fourth-order valence-corrected chi connectivity index (χ4v) is 4.75. The standard InChI is InChI=1S/C22H21ClN4O4S.ClH/c1-25(2)10-11-26(22-24-18-16(31-3)9-8-15(23)19(18)32-22)17(28)12-27-20(29)13-6-4-5-7-14(13)21(27)30;/h4-9H,10-12H2,1-3H3;1H. The first kappa shape index (κ1) is 24.9. The molecule has 11 heteroatoms. The molecule has 2 heterocycles. The minimum absolute atomic E-state index is 0. The predicted octanol–water partition coefficient (Wildman–Crippen LogP) is 3.57. The molecule has 3 aromatic rings. The number of halogens is 2. The average Bonchev–Trinajstić information content (AvgIpc) is 3.31. The van der Waals surface area contributed by atoms with Crippen molar-refractivity contribution < 1.29 is 19.1 Å². The third-order valence-electron chi connectivity index (χ3n) is 5.14. The van der Waals surface area contributed by atoms with E-state index in [-0.39, 0.29) is 19.0 Å². The second kappa shape index (κ2) is 10.0. The molecule has 4 rings (SSSR count). The molecule has 0 unspecified atom stereocenters. The fraction of sp³-hybridized carbons (Fsp3) is 0.273. The van der Waals surface area contributed by atoms with E-state index in [1.807, 2.05) is 19.0 Å². The number of likely N-dealkylation sites (N-methyl/N-ethyl adjacent to an activating group) is 1. The number of anilines is 1. The summed E-state index contributed by atoms with van der Waals surface area (Å²) < 4.78 is 6.08. The van der Waals surface area contributed by atoms with Gasteiger partial charge in [-0.05, 0) is 38.4 Å². The van der Waals surface area contributed by atoms with Crippen molar-refractivity contribution in [2.75, 3.05) is 45.7 Å². The molecule has 0 N–H and O–H groups in total. The van der Waals surface area contributed by atoms with Crippen LogP contribution < -0.4 is 9.64 Å². The number of fused-ring (bicyclic) bond motifs is 2. The van der Waals surface area contributed by atoms with Crippen molar-refractivity contribution in [3.63, 3.8) is 0 Å². The van der Waals surface area contributed by atoms with Crippen LogP contribution in [0.3, 0.4) is 0 Å². The van der Waals surface area contributed by atoms with Crippen LogP contribution in [0.1, 0.15) is 20.7 Å². The number of carbonyl (C=O) groups excluding carboxylic acids is 3. The van der Waals surface area contributed by atoms with E-state index in [9.17, 15) is 14.4 Å². The van der Waals surface area contributed by atoms with E-state index in [0.717, 1.165) is 4.90 Å². The number of amides is 3. The van der Waals surface area contributed by atoms with Crippen molar-refractivity contribution in [3.8, 4) is 5.75 Å². The Hall–Kier alpha value is -2.72. The molecule has 1 aromatic heterocycles. The third kappa shape index (κ3) is 4.67. The van der Waals surface area contributed by atoms with Crippen LogP contribution in [-0.2, 0) is 4.79 Å². The fourth-order valence-electron chi connectivity index (χ4n) is 3.45. The molecule has 3 amide bonds. The Bertz CT molecular complexity index is 1200. The van der Waals surface area contributed by atoms with Crippen LogP contribution in [0.15, 0.2) is 36.4 Å². The normalized spacial score (nSPS) is 12.8. The smallest absolute Gasteiger partial charge is 0.262 e. The molecule has 174 valence electrons. The summed E-state index contributed by atoms with van der Waals surface area (Å²) in [7, 11) is 5.33. The van der Waals surface area contributed by atoms with Gasteiger partial charge in [0, 0.05) is 13.1 Å². The largest absolute Gasteiger partial charge is 0.494 e. The van der Waals surface area contributed by atoms with Crippen LogP contribution in [-0.4, -0.2) is 73.3 Å². The number of benzene rings is 2. The SMILES string of the molecule is COc1ccc(Cl)c2sc(N(CCN(C)C)C(=O)CN3C(=O)c4ccccc4C3=O)nc12.Cl. The topological polar surface area (TPSA) is 83.0 Å². The van der Waals surface area contributed by atoms with Crippen LogP contribution in [0.2, 0.25) is 5.02 Å². The number of methoxy groups -OCH3 is 1. The predicted molar refractivity (Wildman–Crippen MR) is 131 cm³/mol. The number of aromatic nitrogens is 1. The number of nitrogens with zero attached hydrogens (tertiary/aromatic N) is 4. The summed E-state index contributed by atoms with van der Waals surface area (Å²) >= 11 is 7.61. The molecule has 0 spiro atoms. The Kier molecular flexibility index (Phi) is 7.58. The maximum absolute atomic E-state index is 13.3. The lowest BCUT2D eigenvalue weighted by Gasteiger charge is -2.24. The zero-order chi connectivity index (χ0) is 23.0. The van der Waals surface area contributed by atoms with Gasteiger partial charge in [-0.3, -0.25) is 24.2 Å². The van der Waals surface area contributed by atoms with Crippen molar-refractivity contribution in [2.45, 2.75) is 0 Å². The van der Waals surface area contributed by atoms with Crippen LogP contribution in [0.4, 0.5) is 5.13 Å². The average molecular weight is 509 g/mol. The lowest BCUT2D eigenvalue weighted by Crippen LogP contribution is -2.45. The van der Waals surface area contributed by atoms with E-state index in [4.69, 9.17) is 16.3 Å². The van der Waals surface area contributed by atoms with E-state index >= 15 is 0 Å². The Labute approximate surface area is 206 Å². The van der Waals surface area contributed by atoms with Gasteiger partial charge in [-0.2, -0.15) is 0 Å². The molecule has 0 saturated carbocycles. The molecule has 2 aromatic carbocycles. The van der Waals surface area contributed by atoms with Gasteiger partial charge < -0.3 is 9.64 Å². The van der Waals surface area contributed by atoms with Crippen molar-refractivity contribution in [1.29, 1.82) is 0 Å². The van der Waals surface area contributed by atoms with Crippen molar-refractivity contribution in [1.82, 2.24) is 14.8 Å².